The van der Waals surface area contributed by atoms with Crippen LogP contribution in [0.3, 0.4) is 0 Å². The SMILES string of the molecule is CCCCCN(Cc1ccc(F)cc1)C(=O)c1ccc2c(c1)C(=O)N(CC1CCCO1)C2=O. The zero-order chi connectivity index (χ0) is 23.4. The van der Waals surface area contributed by atoms with Crippen molar-refractivity contribution in [3.8, 4) is 0 Å². The van der Waals surface area contributed by atoms with Gasteiger partial charge in [-0.3, -0.25) is 19.3 Å². The molecule has 4 rings (SSSR count). The molecular formula is C26H29FN2O4. The number of fused-ring (bicyclic) bond motifs is 1. The van der Waals surface area contributed by atoms with Crippen LogP contribution in [0.5, 0.6) is 0 Å². The van der Waals surface area contributed by atoms with Gasteiger partial charge in [0.2, 0.25) is 0 Å². The van der Waals surface area contributed by atoms with Crippen LogP contribution in [-0.4, -0.2) is 53.3 Å². The number of amides is 3. The van der Waals surface area contributed by atoms with E-state index in [9.17, 15) is 18.8 Å². The third-order valence-electron chi connectivity index (χ3n) is 6.23. The van der Waals surface area contributed by atoms with E-state index in [1.165, 1.54) is 23.1 Å². The molecule has 7 heteroatoms. The lowest BCUT2D eigenvalue weighted by atomic mass is 10.0. The Kier molecular flexibility index (Phi) is 7.18. The number of rotatable bonds is 9. The lowest BCUT2D eigenvalue weighted by Gasteiger charge is -2.23. The largest absolute Gasteiger partial charge is 0.376 e. The Balaban J connectivity index is 1.53. The van der Waals surface area contributed by atoms with Gasteiger partial charge in [0.1, 0.15) is 5.82 Å². The Labute approximate surface area is 193 Å². The second-order valence-electron chi connectivity index (χ2n) is 8.68. The van der Waals surface area contributed by atoms with Gasteiger partial charge in [0.25, 0.3) is 17.7 Å². The lowest BCUT2D eigenvalue weighted by Crippen LogP contribution is -2.36. The van der Waals surface area contributed by atoms with Crippen molar-refractivity contribution < 1.29 is 23.5 Å². The maximum absolute atomic E-state index is 13.4. The van der Waals surface area contributed by atoms with Crippen molar-refractivity contribution in [1.29, 1.82) is 0 Å². The topological polar surface area (TPSA) is 66.9 Å². The number of halogens is 1. The third kappa shape index (κ3) is 5.14. The van der Waals surface area contributed by atoms with Crippen LogP contribution in [0.2, 0.25) is 0 Å². The maximum Gasteiger partial charge on any atom is 0.261 e. The Morgan fingerprint density at radius 3 is 2.55 bits per heavy atom. The predicted octanol–water partition coefficient (Wildman–Crippen LogP) is 4.43. The van der Waals surface area contributed by atoms with Gasteiger partial charge in [-0.25, -0.2) is 4.39 Å². The molecular weight excluding hydrogens is 423 g/mol. The summed E-state index contributed by atoms with van der Waals surface area (Å²) in [6, 6.07) is 10.8. The van der Waals surface area contributed by atoms with Crippen LogP contribution in [0.25, 0.3) is 0 Å². The summed E-state index contributed by atoms with van der Waals surface area (Å²) in [7, 11) is 0. The average molecular weight is 453 g/mol. The van der Waals surface area contributed by atoms with Crippen molar-refractivity contribution in [3.05, 3.63) is 70.5 Å². The quantitative estimate of drug-likeness (QED) is 0.417. The highest BCUT2D eigenvalue weighted by molar-refractivity contribution is 6.22. The molecule has 2 aromatic carbocycles. The van der Waals surface area contributed by atoms with Crippen molar-refractivity contribution in [2.45, 2.75) is 51.7 Å². The van der Waals surface area contributed by atoms with Crippen molar-refractivity contribution >= 4 is 17.7 Å². The molecule has 1 unspecified atom stereocenters. The van der Waals surface area contributed by atoms with Crippen LogP contribution in [0.1, 0.15) is 75.7 Å². The van der Waals surface area contributed by atoms with E-state index in [-0.39, 0.29) is 41.8 Å². The van der Waals surface area contributed by atoms with E-state index in [1.54, 1.807) is 29.2 Å². The number of benzene rings is 2. The van der Waals surface area contributed by atoms with Crippen LogP contribution in [-0.2, 0) is 11.3 Å². The summed E-state index contributed by atoms with van der Waals surface area (Å²) in [6.45, 7) is 3.88. The number of hydrogen-bond acceptors (Lipinski definition) is 4. The highest BCUT2D eigenvalue weighted by atomic mass is 19.1. The van der Waals surface area contributed by atoms with E-state index in [0.717, 1.165) is 37.7 Å². The predicted molar refractivity (Wildman–Crippen MR) is 121 cm³/mol. The summed E-state index contributed by atoms with van der Waals surface area (Å²) in [5, 5.41) is 0. The monoisotopic (exact) mass is 452 g/mol. The molecule has 2 aliphatic heterocycles. The van der Waals surface area contributed by atoms with Crippen LogP contribution in [0.15, 0.2) is 42.5 Å². The number of ether oxygens (including phenoxy) is 1. The number of unbranched alkanes of at least 4 members (excludes halogenated alkanes) is 2. The van der Waals surface area contributed by atoms with Gasteiger partial charge in [0.05, 0.1) is 23.8 Å². The number of imide groups is 1. The van der Waals surface area contributed by atoms with E-state index in [1.807, 2.05) is 0 Å². The Bertz CT molecular complexity index is 1030. The highest BCUT2D eigenvalue weighted by Gasteiger charge is 2.38. The fourth-order valence-corrected chi connectivity index (χ4v) is 4.38. The first-order chi connectivity index (χ1) is 16.0. The molecule has 1 atom stereocenters. The average Bonchev–Trinajstić information content (AvgIpc) is 3.42. The van der Waals surface area contributed by atoms with E-state index >= 15 is 0 Å². The fourth-order valence-electron chi connectivity index (χ4n) is 4.38. The molecule has 6 nitrogen and oxygen atoms in total. The van der Waals surface area contributed by atoms with Crippen molar-refractivity contribution in [2.24, 2.45) is 0 Å². The Morgan fingerprint density at radius 2 is 1.85 bits per heavy atom. The summed E-state index contributed by atoms with van der Waals surface area (Å²) in [5.41, 5.74) is 1.79. The second-order valence-corrected chi connectivity index (χ2v) is 8.68. The smallest absolute Gasteiger partial charge is 0.261 e. The van der Waals surface area contributed by atoms with Gasteiger partial charge in [0, 0.05) is 25.3 Å². The second kappa shape index (κ2) is 10.3. The molecule has 3 amide bonds. The molecule has 174 valence electrons. The van der Waals surface area contributed by atoms with E-state index < -0.39 is 0 Å². The normalized spacial score (nSPS) is 17.5. The number of nitrogens with zero attached hydrogens (tertiary/aromatic N) is 2. The van der Waals surface area contributed by atoms with Crippen molar-refractivity contribution in [2.75, 3.05) is 19.7 Å². The minimum Gasteiger partial charge on any atom is -0.376 e. The first kappa shape index (κ1) is 23.1. The summed E-state index contributed by atoms with van der Waals surface area (Å²) < 4.78 is 18.9. The summed E-state index contributed by atoms with van der Waals surface area (Å²) >= 11 is 0. The summed E-state index contributed by atoms with van der Waals surface area (Å²) in [6.07, 6.45) is 4.48. The summed E-state index contributed by atoms with van der Waals surface area (Å²) in [5.74, 6) is -1.25. The molecule has 1 fully saturated rings. The van der Waals surface area contributed by atoms with Gasteiger partial charge in [-0.05, 0) is 55.2 Å². The van der Waals surface area contributed by atoms with E-state index in [0.29, 0.717) is 30.8 Å². The molecule has 2 aromatic rings. The molecule has 2 aliphatic rings. The van der Waals surface area contributed by atoms with E-state index in [4.69, 9.17) is 4.74 Å². The Hall–Kier alpha value is -3.06. The number of hydrogen-bond donors (Lipinski definition) is 0. The fraction of sp³-hybridized carbons (Fsp3) is 0.423. The molecule has 1 saturated heterocycles. The number of carbonyl (C=O) groups excluding carboxylic acids is 3. The molecule has 33 heavy (non-hydrogen) atoms. The van der Waals surface area contributed by atoms with Crippen LogP contribution < -0.4 is 0 Å². The molecule has 0 bridgehead atoms. The summed E-state index contributed by atoms with van der Waals surface area (Å²) in [4.78, 5) is 42.1. The van der Waals surface area contributed by atoms with E-state index in [2.05, 4.69) is 6.92 Å². The minimum absolute atomic E-state index is 0.127. The standard InChI is InChI=1S/C26H29FN2O4/c1-2-3-4-13-28(16-18-7-10-20(27)11-8-18)24(30)19-9-12-22-23(15-19)26(32)29(25(22)31)17-21-6-5-14-33-21/h7-12,15,21H,2-6,13-14,16-17H2,1H3. The molecule has 0 saturated carbocycles. The van der Waals surface area contributed by atoms with Crippen LogP contribution in [0, 0.1) is 5.82 Å². The minimum atomic E-state index is -0.379. The maximum atomic E-state index is 13.4. The van der Waals surface area contributed by atoms with Gasteiger partial charge in [0.15, 0.2) is 0 Å². The first-order valence-electron chi connectivity index (χ1n) is 11.6. The van der Waals surface area contributed by atoms with Crippen molar-refractivity contribution in [1.82, 2.24) is 9.80 Å². The van der Waals surface area contributed by atoms with Crippen LogP contribution in [0.4, 0.5) is 4.39 Å². The molecule has 0 spiro atoms. The van der Waals surface area contributed by atoms with Gasteiger partial charge < -0.3 is 9.64 Å². The third-order valence-corrected chi connectivity index (χ3v) is 6.23. The van der Waals surface area contributed by atoms with Gasteiger partial charge in [-0.1, -0.05) is 31.9 Å². The highest BCUT2D eigenvalue weighted by Crippen LogP contribution is 2.27. The van der Waals surface area contributed by atoms with Gasteiger partial charge in [-0.15, -0.1) is 0 Å². The molecule has 0 N–H and O–H groups in total. The van der Waals surface area contributed by atoms with Crippen molar-refractivity contribution in [3.63, 3.8) is 0 Å². The number of carbonyl (C=O) groups is 3. The molecule has 2 heterocycles. The lowest BCUT2D eigenvalue weighted by molar-refractivity contribution is 0.0475. The molecule has 0 aliphatic carbocycles. The van der Waals surface area contributed by atoms with Gasteiger partial charge in [-0.2, -0.15) is 0 Å². The first-order valence-corrected chi connectivity index (χ1v) is 11.6. The zero-order valence-electron chi connectivity index (χ0n) is 18.9. The van der Waals surface area contributed by atoms with Crippen LogP contribution >= 0.6 is 0 Å². The van der Waals surface area contributed by atoms with Gasteiger partial charge >= 0.3 is 0 Å². The Morgan fingerprint density at radius 1 is 1.09 bits per heavy atom. The molecule has 0 radical (unpaired) electrons. The molecule has 0 aromatic heterocycles. The zero-order valence-corrected chi connectivity index (χ0v) is 18.9.